The number of fused-ring (bicyclic) bond motifs is 1. The fourth-order valence-corrected chi connectivity index (χ4v) is 5.19. The van der Waals surface area contributed by atoms with Crippen molar-refractivity contribution in [3.05, 3.63) is 24.2 Å². The van der Waals surface area contributed by atoms with E-state index >= 15 is 0 Å². The molecule has 11 heteroatoms. The summed E-state index contributed by atoms with van der Waals surface area (Å²) < 4.78 is 21.2. The summed E-state index contributed by atoms with van der Waals surface area (Å²) in [6, 6.07) is 2.25. The van der Waals surface area contributed by atoms with Crippen LogP contribution in [0.2, 0.25) is 0 Å². The number of ether oxygens (including phenoxy) is 3. The van der Waals surface area contributed by atoms with Crippen molar-refractivity contribution < 1.29 is 14.2 Å². The summed E-state index contributed by atoms with van der Waals surface area (Å²) in [5.41, 5.74) is 2.72. The van der Waals surface area contributed by atoms with Crippen molar-refractivity contribution in [2.24, 2.45) is 0 Å². The Balaban J connectivity index is 1.40. The second-order valence-electron chi connectivity index (χ2n) is 7.12. The monoisotopic (exact) mass is 528 g/mol. The minimum absolute atomic E-state index is 0.277. The van der Waals surface area contributed by atoms with Gasteiger partial charge in [0.2, 0.25) is 11.8 Å². The zero-order valence-electron chi connectivity index (χ0n) is 16.1. The number of anilines is 2. The lowest BCUT2D eigenvalue weighted by Gasteiger charge is -2.43. The highest BCUT2D eigenvalue weighted by molar-refractivity contribution is 14.2. The second kappa shape index (κ2) is 7.60. The minimum atomic E-state index is -0.389. The normalized spacial score (nSPS) is 18.4. The van der Waals surface area contributed by atoms with Crippen molar-refractivity contribution in [2.75, 3.05) is 25.1 Å². The number of aromatic nitrogens is 5. The Kier molecular flexibility index (Phi) is 5.08. The Morgan fingerprint density at radius 3 is 2.86 bits per heavy atom. The highest BCUT2D eigenvalue weighted by Gasteiger charge is 2.50. The zero-order valence-corrected chi connectivity index (χ0v) is 19.1. The first-order chi connectivity index (χ1) is 14.1. The van der Waals surface area contributed by atoms with Crippen LogP contribution < -0.4 is 10.1 Å². The van der Waals surface area contributed by atoms with Crippen molar-refractivity contribution in [3.8, 4) is 5.88 Å². The van der Waals surface area contributed by atoms with Crippen LogP contribution in [0.1, 0.15) is 31.5 Å². The molecular weight excluding hydrogens is 507 g/mol. The molecule has 3 aromatic rings. The van der Waals surface area contributed by atoms with Gasteiger partial charge in [0, 0.05) is 49.4 Å². The van der Waals surface area contributed by atoms with E-state index in [4.69, 9.17) is 14.2 Å². The number of hydrogen-bond donors (Lipinski definition) is 1. The van der Waals surface area contributed by atoms with E-state index in [-0.39, 0.29) is 11.8 Å². The Morgan fingerprint density at radius 2 is 2.14 bits per heavy atom. The maximum Gasteiger partial charge on any atom is 0.232 e. The van der Waals surface area contributed by atoms with E-state index in [1.54, 1.807) is 9.12 Å². The summed E-state index contributed by atoms with van der Waals surface area (Å²) >= 11 is 2.23. The lowest BCUT2D eigenvalue weighted by molar-refractivity contribution is -0.227. The van der Waals surface area contributed by atoms with Crippen LogP contribution in [0.15, 0.2) is 18.5 Å². The van der Waals surface area contributed by atoms with Gasteiger partial charge in [-0.3, -0.25) is 8.65 Å². The Labute approximate surface area is 184 Å². The van der Waals surface area contributed by atoms with E-state index in [1.165, 1.54) is 0 Å². The summed E-state index contributed by atoms with van der Waals surface area (Å²) in [5, 5.41) is 8.79. The predicted molar refractivity (Wildman–Crippen MR) is 119 cm³/mol. The van der Waals surface area contributed by atoms with Crippen LogP contribution in [0, 0.1) is 6.92 Å². The lowest BCUT2D eigenvalue weighted by Crippen LogP contribution is -2.46. The SMILES string of the molecule is CCOc1nc(Nc2cnn(C3CC4(C3)OCCO4)c2C)nc2c1ccn2SI. The molecule has 1 N–H and O–H groups in total. The Bertz CT molecular complexity index is 1040. The van der Waals surface area contributed by atoms with Crippen LogP contribution in [0.5, 0.6) is 5.88 Å². The molecule has 1 saturated carbocycles. The summed E-state index contributed by atoms with van der Waals surface area (Å²) in [5.74, 6) is 0.673. The molecule has 0 radical (unpaired) electrons. The van der Waals surface area contributed by atoms with Crippen LogP contribution in [0.3, 0.4) is 0 Å². The van der Waals surface area contributed by atoms with Gasteiger partial charge in [-0.25, -0.2) is 0 Å². The van der Waals surface area contributed by atoms with Crippen LogP contribution in [0.25, 0.3) is 11.0 Å². The molecule has 4 heterocycles. The third-order valence-corrected chi connectivity index (χ3v) is 7.09. The lowest BCUT2D eigenvalue weighted by atomic mass is 9.85. The smallest absolute Gasteiger partial charge is 0.232 e. The molecule has 3 aromatic heterocycles. The molecule has 2 aliphatic rings. The van der Waals surface area contributed by atoms with Gasteiger partial charge in [-0.05, 0) is 19.9 Å². The Hall–Kier alpha value is -1.57. The van der Waals surface area contributed by atoms with Gasteiger partial charge in [0.15, 0.2) is 11.4 Å². The molecule has 0 amide bonds. The molecule has 1 spiro atoms. The topological polar surface area (TPSA) is 88.2 Å². The summed E-state index contributed by atoms with van der Waals surface area (Å²) in [4.78, 5) is 9.26. The van der Waals surface area contributed by atoms with Crippen LogP contribution in [-0.4, -0.2) is 49.3 Å². The third-order valence-electron chi connectivity index (χ3n) is 5.38. The fourth-order valence-electron chi connectivity index (χ4n) is 3.92. The van der Waals surface area contributed by atoms with Gasteiger partial charge in [-0.15, -0.1) is 0 Å². The molecule has 0 aromatic carbocycles. The van der Waals surface area contributed by atoms with Gasteiger partial charge in [0.25, 0.3) is 0 Å². The van der Waals surface area contributed by atoms with E-state index in [9.17, 15) is 0 Å². The standard InChI is InChI=1S/C18H21IN6O3S/c1-3-26-16-13-4-5-24(29-19)15(13)22-17(23-16)21-14-10-20-25(11(14)2)12-8-18(9-12)27-6-7-28-18/h4-5,10,12H,3,6-9H2,1-2H3,(H,21,22,23). The van der Waals surface area contributed by atoms with Crippen LogP contribution >= 0.6 is 30.3 Å². The molecule has 5 rings (SSSR count). The summed E-state index contributed by atoms with van der Waals surface area (Å²) in [7, 11) is 1.55. The molecule has 1 aliphatic carbocycles. The average Bonchev–Trinajstić information content (AvgIpc) is 3.40. The molecule has 9 nitrogen and oxygen atoms in total. The predicted octanol–water partition coefficient (Wildman–Crippen LogP) is 4.00. The van der Waals surface area contributed by atoms with Crippen molar-refractivity contribution in [1.82, 2.24) is 23.7 Å². The van der Waals surface area contributed by atoms with E-state index < -0.39 is 0 Å². The molecule has 0 atom stereocenters. The number of rotatable bonds is 6. The van der Waals surface area contributed by atoms with Crippen LogP contribution in [-0.2, 0) is 9.47 Å². The average molecular weight is 528 g/mol. The van der Waals surface area contributed by atoms with E-state index in [0.29, 0.717) is 31.6 Å². The Morgan fingerprint density at radius 1 is 1.34 bits per heavy atom. The maximum atomic E-state index is 5.74. The number of nitrogens with one attached hydrogen (secondary N) is 1. The number of halogens is 1. The van der Waals surface area contributed by atoms with E-state index in [0.717, 1.165) is 35.3 Å². The second-order valence-corrected chi connectivity index (χ2v) is 8.83. The molecule has 0 unspecified atom stereocenters. The van der Waals surface area contributed by atoms with Crippen molar-refractivity contribution in [2.45, 2.75) is 38.5 Å². The van der Waals surface area contributed by atoms with Crippen molar-refractivity contribution in [3.63, 3.8) is 0 Å². The zero-order chi connectivity index (χ0) is 20.0. The quantitative estimate of drug-likeness (QED) is 0.481. The van der Waals surface area contributed by atoms with Crippen molar-refractivity contribution >= 4 is 53.0 Å². The third kappa shape index (κ3) is 3.37. The van der Waals surface area contributed by atoms with Gasteiger partial charge >= 0.3 is 0 Å². The largest absolute Gasteiger partial charge is 0.477 e. The first kappa shape index (κ1) is 19.4. The molecular formula is C18H21IN6O3S. The number of hydrogen-bond acceptors (Lipinski definition) is 8. The first-order valence-corrected chi connectivity index (χ1v) is 12.8. The summed E-state index contributed by atoms with van der Waals surface area (Å²) in [6.07, 6.45) is 5.43. The van der Waals surface area contributed by atoms with Gasteiger partial charge < -0.3 is 19.5 Å². The highest BCUT2D eigenvalue weighted by Crippen LogP contribution is 2.47. The van der Waals surface area contributed by atoms with Gasteiger partial charge in [-0.2, -0.15) is 15.1 Å². The molecule has 0 bridgehead atoms. The molecule has 1 aliphatic heterocycles. The molecule has 154 valence electrons. The summed E-state index contributed by atoms with van der Waals surface area (Å²) in [6.45, 7) is 5.89. The van der Waals surface area contributed by atoms with E-state index in [2.05, 4.69) is 41.6 Å². The molecule has 29 heavy (non-hydrogen) atoms. The first-order valence-electron chi connectivity index (χ1n) is 9.52. The molecule has 2 fully saturated rings. The highest BCUT2D eigenvalue weighted by atomic mass is 127. The van der Waals surface area contributed by atoms with Gasteiger partial charge in [0.05, 0.1) is 48.8 Å². The maximum absolute atomic E-state index is 5.74. The minimum Gasteiger partial charge on any atom is -0.477 e. The van der Waals surface area contributed by atoms with Gasteiger partial charge in [-0.1, -0.05) is 0 Å². The van der Waals surface area contributed by atoms with E-state index in [1.807, 2.05) is 41.0 Å². The molecule has 1 saturated heterocycles. The number of nitrogens with zero attached hydrogens (tertiary/aromatic N) is 5. The van der Waals surface area contributed by atoms with Crippen molar-refractivity contribution in [1.29, 1.82) is 0 Å². The van der Waals surface area contributed by atoms with Gasteiger partial charge in [0.1, 0.15) is 0 Å². The fraction of sp³-hybridized carbons (Fsp3) is 0.500. The van der Waals surface area contributed by atoms with Crippen LogP contribution in [0.4, 0.5) is 11.6 Å².